The van der Waals surface area contributed by atoms with Gasteiger partial charge in [-0.05, 0) is 44.1 Å². The van der Waals surface area contributed by atoms with Crippen molar-refractivity contribution >= 4 is 17.0 Å². The standard InChI is InChI=1S/C14H19N3S/c1-9-13(10(2)17(3)16-9)15-14(11-6-7-11)12-5-4-8-18-12/h4-5,8,11,14-15H,6-7H2,1-3H3. The maximum Gasteiger partial charge on any atom is 0.0828 e. The molecule has 0 amide bonds. The van der Waals surface area contributed by atoms with Crippen molar-refractivity contribution in [1.82, 2.24) is 9.78 Å². The van der Waals surface area contributed by atoms with E-state index in [1.807, 2.05) is 23.1 Å². The second-order valence-corrected chi connectivity index (χ2v) is 6.12. The van der Waals surface area contributed by atoms with Crippen molar-refractivity contribution in [3.05, 3.63) is 33.8 Å². The lowest BCUT2D eigenvalue weighted by Gasteiger charge is -2.18. The summed E-state index contributed by atoms with van der Waals surface area (Å²) in [5.41, 5.74) is 3.52. The average Bonchev–Trinajstić information content (AvgIpc) is 2.97. The molecular formula is C14H19N3S. The predicted molar refractivity (Wildman–Crippen MR) is 76.1 cm³/mol. The third kappa shape index (κ3) is 2.05. The van der Waals surface area contributed by atoms with E-state index in [2.05, 4.69) is 41.8 Å². The van der Waals surface area contributed by atoms with Crippen LogP contribution < -0.4 is 5.32 Å². The van der Waals surface area contributed by atoms with Crippen LogP contribution >= 0.6 is 11.3 Å². The van der Waals surface area contributed by atoms with Crippen LogP contribution in [0.3, 0.4) is 0 Å². The molecule has 1 fully saturated rings. The van der Waals surface area contributed by atoms with Crippen LogP contribution in [0.1, 0.15) is 35.1 Å². The van der Waals surface area contributed by atoms with Crippen LogP contribution in [0.4, 0.5) is 5.69 Å². The SMILES string of the molecule is Cc1nn(C)c(C)c1NC(c1cccs1)C1CC1. The van der Waals surface area contributed by atoms with Crippen LogP contribution in [-0.4, -0.2) is 9.78 Å². The Morgan fingerprint density at radius 2 is 2.22 bits per heavy atom. The van der Waals surface area contributed by atoms with E-state index in [0.29, 0.717) is 6.04 Å². The fraction of sp³-hybridized carbons (Fsp3) is 0.500. The number of aromatic nitrogens is 2. The maximum absolute atomic E-state index is 4.48. The van der Waals surface area contributed by atoms with Gasteiger partial charge in [0.05, 0.1) is 23.1 Å². The number of aryl methyl sites for hydroxylation is 2. The molecule has 1 aliphatic carbocycles. The Balaban J connectivity index is 1.89. The smallest absolute Gasteiger partial charge is 0.0828 e. The lowest BCUT2D eigenvalue weighted by Crippen LogP contribution is -2.12. The van der Waals surface area contributed by atoms with Gasteiger partial charge in [0.1, 0.15) is 0 Å². The van der Waals surface area contributed by atoms with Crippen LogP contribution in [0.25, 0.3) is 0 Å². The minimum Gasteiger partial charge on any atom is -0.374 e. The minimum atomic E-state index is 0.464. The van der Waals surface area contributed by atoms with E-state index in [1.54, 1.807) is 0 Å². The number of anilines is 1. The fourth-order valence-electron chi connectivity index (χ4n) is 2.46. The third-order valence-corrected chi connectivity index (χ3v) is 4.71. The molecule has 0 aliphatic heterocycles. The molecule has 4 heteroatoms. The molecule has 2 aromatic rings. The molecule has 96 valence electrons. The number of hydrogen-bond acceptors (Lipinski definition) is 3. The first-order chi connectivity index (χ1) is 8.66. The third-order valence-electron chi connectivity index (χ3n) is 3.75. The molecule has 1 unspecified atom stereocenters. The Labute approximate surface area is 112 Å². The molecule has 0 radical (unpaired) electrons. The van der Waals surface area contributed by atoms with E-state index in [0.717, 1.165) is 11.6 Å². The summed E-state index contributed by atoms with van der Waals surface area (Å²) in [6.45, 7) is 4.20. The normalized spacial score (nSPS) is 16.8. The van der Waals surface area contributed by atoms with Crippen molar-refractivity contribution in [2.75, 3.05) is 5.32 Å². The van der Waals surface area contributed by atoms with Gasteiger partial charge in [-0.25, -0.2) is 0 Å². The zero-order valence-electron chi connectivity index (χ0n) is 11.1. The first-order valence-electron chi connectivity index (χ1n) is 6.47. The summed E-state index contributed by atoms with van der Waals surface area (Å²) in [6, 6.07) is 4.84. The zero-order chi connectivity index (χ0) is 12.7. The van der Waals surface area contributed by atoms with Gasteiger partial charge in [0, 0.05) is 11.9 Å². The van der Waals surface area contributed by atoms with Gasteiger partial charge >= 0.3 is 0 Å². The summed E-state index contributed by atoms with van der Waals surface area (Å²) in [4.78, 5) is 1.44. The summed E-state index contributed by atoms with van der Waals surface area (Å²) in [7, 11) is 2.00. The first-order valence-corrected chi connectivity index (χ1v) is 7.35. The number of nitrogens with one attached hydrogen (secondary N) is 1. The van der Waals surface area contributed by atoms with Crippen molar-refractivity contribution in [2.24, 2.45) is 13.0 Å². The van der Waals surface area contributed by atoms with Crippen LogP contribution in [0.2, 0.25) is 0 Å². The summed E-state index contributed by atoms with van der Waals surface area (Å²) in [5, 5.41) is 10.4. The van der Waals surface area contributed by atoms with Crippen LogP contribution in [0.5, 0.6) is 0 Å². The van der Waals surface area contributed by atoms with E-state index in [-0.39, 0.29) is 0 Å². The number of hydrogen-bond donors (Lipinski definition) is 1. The summed E-state index contributed by atoms with van der Waals surface area (Å²) in [6.07, 6.45) is 2.68. The number of thiophene rings is 1. The quantitative estimate of drug-likeness (QED) is 0.910. The topological polar surface area (TPSA) is 29.9 Å². The zero-order valence-corrected chi connectivity index (χ0v) is 11.9. The molecule has 1 saturated carbocycles. The lowest BCUT2D eigenvalue weighted by atomic mass is 10.1. The molecule has 0 saturated heterocycles. The van der Waals surface area contributed by atoms with Crippen LogP contribution in [0.15, 0.2) is 17.5 Å². The van der Waals surface area contributed by atoms with Gasteiger partial charge in [-0.15, -0.1) is 11.3 Å². The molecule has 3 nitrogen and oxygen atoms in total. The molecule has 0 bridgehead atoms. The highest BCUT2D eigenvalue weighted by Crippen LogP contribution is 2.44. The van der Waals surface area contributed by atoms with Gasteiger partial charge in [0.25, 0.3) is 0 Å². The Kier molecular flexibility index (Phi) is 2.90. The Bertz CT molecular complexity index is 538. The van der Waals surface area contributed by atoms with Crippen molar-refractivity contribution in [2.45, 2.75) is 32.7 Å². The molecule has 1 atom stereocenters. The monoisotopic (exact) mass is 261 g/mol. The summed E-state index contributed by atoms with van der Waals surface area (Å²) in [5.74, 6) is 0.794. The second kappa shape index (κ2) is 4.43. The maximum atomic E-state index is 4.48. The van der Waals surface area contributed by atoms with E-state index in [1.165, 1.54) is 29.1 Å². The molecule has 0 spiro atoms. The fourth-order valence-corrected chi connectivity index (χ4v) is 3.33. The van der Waals surface area contributed by atoms with Gasteiger partial charge in [0.2, 0.25) is 0 Å². The highest BCUT2D eigenvalue weighted by molar-refractivity contribution is 7.10. The highest BCUT2D eigenvalue weighted by Gasteiger charge is 2.33. The van der Waals surface area contributed by atoms with Crippen molar-refractivity contribution < 1.29 is 0 Å². The van der Waals surface area contributed by atoms with Gasteiger partial charge in [-0.2, -0.15) is 5.10 Å². The molecule has 18 heavy (non-hydrogen) atoms. The largest absolute Gasteiger partial charge is 0.374 e. The van der Waals surface area contributed by atoms with Crippen molar-refractivity contribution in [3.63, 3.8) is 0 Å². The Morgan fingerprint density at radius 1 is 1.44 bits per heavy atom. The second-order valence-electron chi connectivity index (χ2n) is 5.14. The summed E-state index contributed by atoms with van der Waals surface area (Å²) < 4.78 is 1.95. The molecular weight excluding hydrogens is 242 g/mol. The molecule has 0 aromatic carbocycles. The summed E-state index contributed by atoms with van der Waals surface area (Å²) >= 11 is 1.85. The minimum absolute atomic E-state index is 0.464. The Hall–Kier alpha value is -1.29. The van der Waals surface area contributed by atoms with E-state index < -0.39 is 0 Å². The van der Waals surface area contributed by atoms with Gasteiger partial charge < -0.3 is 5.32 Å². The lowest BCUT2D eigenvalue weighted by molar-refractivity contribution is 0.688. The Morgan fingerprint density at radius 3 is 2.72 bits per heavy atom. The molecule has 3 rings (SSSR count). The van der Waals surface area contributed by atoms with Gasteiger partial charge in [0.15, 0.2) is 0 Å². The predicted octanol–water partition coefficient (Wildman–Crippen LogP) is 3.66. The van der Waals surface area contributed by atoms with Crippen LogP contribution in [0, 0.1) is 19.8 Å². The molecule has 1 N–H and O–H groups in total. The van der Waals surface area contributed by atoms with Crippen molar-refractivity contribution in [1.29, 1.82) is 0 Å². The number of nitrogens with zero attached hydrogens (tertiary/aromatic N) is 2. The molecule has 2 aromatic heterocycles. The average molecular weight is 261 g/mol. The van der Waals surface area contributed by atoms with E-state index in [9.17, 15) is 0 Å². The first kappa shape index (κ1) is 11.8. The molecule has 1 aliphatic rings. The number of rotatable bonds is 4. The molecule has 2 heterocycles. The highest BCUT2D eigenvalue weighted by atomic mass is 32.1. The van der Waals surface area contributed by atoms with Gasteiger partial charge in [-0.3, -0.25) is 4.68 Å². The van der Waals surface area contributed by atoms with Crippen LogP contribution in [-0.2, 0) is 7.05 Å². The van der Waals surface area contributed by atoms with Gasteiger partial charge in [-0.1, -0.05) is 6.07 Å². The van der Waals surface area contributed by atoms with Crippen molar-refractivity contribution in [3.8, 4) is 0 Å². The van der Waals surface area contributed by atoms with E-state index >= 15 is 0 Å². The van der Waals surface area contributed by atoms with E-state index in [4.69, 9.17) is 0 Å².